The van der Waals surface area contributed by atoms with E-state index in [1.165, 1.54) is 22.3 Å². The van der Waals surface area contributed by atoms with Crippen molar-refractivity contribution in [1.82, 2.24) is 15.1 Å². The van der Waals surface area contributed by atoms with Gasteiger partial charge in [0.2, 0.25) is 0 Å². The van der Waals surface area contributed by atoms with Crippen molar-refractivity contribution < 1.29 is 0 Å². The van der Waals surface area contributed by atoms with E-state index >= 15 is 0 Å². The van der Waals surface area contributed by atoms with E-state index in [0.29, 0.717) is 6.04 Å². The predicted molar refractivity (Wildman–Crippen MR) is 84.1 cm³/mol. The minimum Gasteiger partial charge on any atom is -0.316 e. The molecule has 2 aromatic rings. The average molecular weight is 271 g/mol. The lowest BCUT2D eigenvalue weighted by atomic mass is 9.98. The number of nitrogens with zero attached hydrogens (tertiary/aromatic N) is 2. The molecule has 20 heavy (non-hydrogen) atoms. The van der Waals surface area contributed by atoms with Crippen LogP contribution in [0.4, 0.5) is 0 Å². The van der Waals surface area contributed by atoms with Crippen LogP contribution in [0.25, 0.3) is 0 Å². The van der Waals surface area contributed by atoms with Crippen LogP contribution >= 0.6 is 0 Å². The normalized spacial score (nSPS) is 12.6. The van der Waals surface area contributed by atoms with Crippen LogP contribution in [0.3, 0.4) is 0 Å². The summed E-state index contributed by atoms with van der Waals surface area (Å²) in [6.07, 6.45) is 6.19. The van der Waals surface area contributed by atoms with Gasteiger partial charge in [-0.2, -0.15) is 5.10 Å². The third-order valence-corrected chi connectivity index (χ3v) is 3.95. The van der Waals surface area contributed by atoms with Crippen LogP contribution in [-0.2, 0) is 19.4 Å². The molecule has 0 radical (unpaired) electrons. The van der Waals surface area contributed by atoms with Gasteiger partial charge in [-0.15, -0.1) is 0 Å². The SMILES string of the molecule is CCn1cc(CC(Cc2ccc(C)c(C)c2)NC)cn1. The van der Waals surface area contributed by atoms with Crippen molar-refractivity contribution in [3.8, 4) is 0 Å². The summed E-state index contributed by atoms with van der Waals surface area (Å²) in [6, 6.07) is 7.20. The van der Waals surface area contributed by atoms with Crippen LogP contribution in [0.1, 0.15) is 29.2 Å². The van der Waals surface area contributed by atoms with Gasteiger partial charge < -0.3 is 5.32 Å². The molecule has 0 saturated carbocycles. The van der Waals surface area contributed by atoms with Gasteiger partial charge >= 0.3 is 0 Å². The lowest BCUT2D eigenvalue weighted by molar-refractivity contribution is 0.555. The second-order valence-electron chi connectivity index (χ2n) is 5.52. The molecular weight excluding hydrogens is 246 g/mol. The molecule has 1 heterocycles. The first-order valence-corrected chi connectivity index (χ1v) is 7.37. The van der Waals surface area contributed by atoms with E-state index in [-0.39, 0.29) is 0 Å². The summed E-state index contributed by atoms with van der Waals surface area (Å²) in [5.41, 5.74) is 5.43. The fraction of sp³-hybridized carbons (Fsp3) is 0.471. The Kier molecular flexibility index (Phi) is 4.96. The summed E-state index contributed by atoms with van der Waals surface area (Å²) in [7, 11) is 2.04. The number of rotatable bonds is 6. The van der Waals surface area contributed by atoms with Crippen molar-refractivity contribution in [2.45, 2.75) is 46.2 Å². The van der Waals surface area contributed by atoms with Gasteiger partial charge in [-0.1, -0.05) is 18.2 Å². The van der Waals surface area contributed by atoms with Crippen molar-refractivity contribution in [2.75, 3.05) is 7.05 Å². The van der Waals surface area contributed by atoms with Gasteiger partial charge in [0.15, 0.2) is 0 Å². The smallest absolute Gasteiger partial charge is 0.0522 e. The molecule has 1 atom stereocenters. The van der Waals surface area contributed by atoms with Gasteiger partial charge in [0.1, 0.15) is 0 Å². The van der Waals surface area contributed by atoms with Crippen LogP contribution in [0.15, 0.2) is 30.6 Å². The maximum atomic E-state index is 4.34. The number of benzene rings is 1. The molecule has 0 amide bonds. The highest BCUT2D eigenvalue weighted by atomic mass is 15.3. The minimum absolute atomic E-state index is 0.451. The summed E-state index contributed by atoms with van der Waals surface area (Å²) in [4.78, 5) is 0. The van der Waals surface area contributed by atoms with Gasteiger partial charge in [0.25, 0.3) is 0 Å². The standard InChI is InChI=1S/C17H25N3/c1-5-20-12-16(11-19-20)10-17(18-4)9-15-7-6-13(2)14(3)8-15/h6-8,11-12,17-18H,5,9-10H2,1-4H3. The summed E-state index contributed by atoms with van der Waals surface area (Å²) < 4.78 is 1.98. The third-order valence-electron chi connectivity index (χ3n) is 3.95. The van der Waals surface area contributed by atoms with Crippen molar-refractivity contribution in [3.05, 3.63) is 52.8 Å². The number of likely N-dealkylation sites (N-methyl/N-ethyl adjacent to an activating group) is 1. The molecule has 1 unspecified atom stereocenters. The molecular formula is C17H25N3. The Labute approximate surface area is 122 Å². The Bertz CT molecular complexity index is 557. The zero-order chi connectivity index (χ0) is 14.5. The maximum absolute atomic E-state index is 4.34. The maximum Gasteiger partial charge on any atom is 0.0522 e. The van der Waals surface area contributed by atoms with E-state index in [4.69, 9.17) is 0 Å². The van der Waals surface area contributed by atoms with Crippen LogP contribution in [-0.4, -0.2) is 22.9 Å². The average Bonchev–Trinajstić information content (AvgIpc) is 2.90. The second kappa shape index (κ2) is 6.71. The van der Waals surface area contributed by atoms with Crippen molar-refractivity contribution in [2.24, 2.45) is 0 Å². The Morgan fingerprint density at radius 1 is 1.15 bits per heavy atom. The van der Waals surface area contributed by atoms with Crippen LogP contribution in [0.5, 0.6) is 0 Å². The van der Waals surface area contributed by atoms with Crippen LogP contribution in [0.2, 0.25) is 0 Å². The first kappa shape index (κ1) is 14.8. The van der Waals surface area contributed by atoms with Gasteiger partial charge in [-0.3, -0.25) is 4.68 Å². The summed E-state index contributed by atoms with van der Waals surface area (Å²) in [5.74, 6) is 0. The first-order chi connectivity index (χ1) is 9.62. The van der Waals surface area contributed by atoms with Gasteiger partial charge in [0, 0.05) is 18.8 Å². The summed E-state index contributed by atoms with van der Waals surface area (Å²) in [6.45, 7) is 7.38. The molecule has 108 valence electrons. The Balaban J connectivity index is 2.02. The van der Waals surface area contributed by atoms with Crippen molar-refractivity contribution >= 4 is 0 Å². The molecule has 0 aliphatic carbocycles. The molecule has 2 rings (SSSR count). The van der Waals surface area contributed by atoms with E-state index in [9.17, 15) is 0 Å². The monoisotopic (exact) mass is 271 g/mol. The highest BCUT2D eigenvalue weighted by molar-refractivity contribution is 5.30. The molecule has 0 spiro atoms. The van der Waals surface area contributed by atoms with Crippen molar-refractivity contribution in [1.29, 1.82) is 0 Å². The van der Waals surface area contributed by atoms with E-state index in [2.05, 4.69) is 55.6 Å². The number of aryl methyl sites for hydroxylation is 3. The second-order valence-corrected chi connectivity index (χ2v) is 5.52. The van der Waals surface area contributed by atoms with Crippen LogP contribution in [0, 0.1) is 13.8 Å². The largest absolute Gasteiger partial charge is 0.316 e. The number of hydrogen-bond acceptors (Lipinski definition) is 2. The molecule has 3 nitrogen and oxygen atoms in total. The Morgan fingerprint density at radius 3 is 2.50 bits per heavy atom. The zero-order valence-electron chi connectivity index (χ0n) is 13.0. The van der Waals surface area contributed by atoms with E-state index in [1.54, 1.807) is 0 Å². The quantitative estimate of drug-likeness (QED) is 0.875. The molecule has 1 N–H and O–H groups in total. The fourth-order valence-electron chi connectivity index (χ4n) is 2.46. The zero-order valence-corrected chi connectivity index (χ0v) is 13.0. The number of hydrogen-bond donors (Lipinski definition) is 1. The highest BCUT2D eigenvalue weighted by Gasteiger charge is 2.10. The van der Waals surface area contributed by atoms with Crippen LogP contribution < -0.4 is 5.32 Å². The Morgan fingerprint density at radius 2 is 1.90 bits per heavy atom. The summed E-state index contributed by atoms with van der Waals surface area (Å²) >= 11 is 0. The highest BCUT2D eigenvalue weighted by Crippen LogP contribution is 2.13. The molecule has 0 aliphatic heterocycles. The fourth-order valence-corrected chi connectivity index (χ4v) is 2.46. The predicted octanol–water partition coefficient (Wildman–Crippen LogP) is 2.89. The van der Waals surface area contributed by atoms with Gasteiger partial charge in [-0.25, -0.2) is 0 Å². The van der Waals surface area contributed by atoms with E-state index < -0.39 is 0 Å². The van der Waals surface area contributed by atoms with Gasteiger partial charge in [-0.05, 0) is 62.9 Å². The molecule has 3 heteroatoms. The number of nitrogens with one attached hydrogen (secondary N) is 1. The Hall–Kier alpha value is -1.61. The van der Waals surface area contributed by atoms with E-state index in [1.807, 2.05) is 17.9 Å². The van der Waals surface area contributed by atoms with E-state index in [0.717, 1.165) is 19.4 Å². The lowest BCUT2D eigenvalue weighted by Gasteiger charge is -2.16. The molecule has 1 aromatic carbocycles. The molecule has 0 fully saturated rings. The van der Waals surface area contributed by atoms with Gasteiger partial charge in [0.05, 0.1) is 6.20 Å². The number of aromatic nitrogens is 2. The minimum atomic E-state index is 0.451. The molecule has 0 saturated heterocycles. The summed E-state index contributed by atoms with van der Waals surface area (Å²) in [5, 5.41) is 7.77. The lowest BCUT2D eigenvalue weighted by Crippen LogP contribution is -2.29. The molecule has 0 bridgehead atoms. The topological polar surface area (TPSA) is 29.9 Å². The molecule has 0 aliphatic rings. The first-order valence-electron chi connectivity index (χ1n) is 7.37. The third kappa shape index (κ3) is 3.70. The molecule has 1 aromatic heterocycles. The van der Waals surface area contributed by atoms with Crippen molar-refractivity contribution in [3.63, 3.8) is 0 Å².